The number of carbonyl (C=O) groups is 2. The van der Waals surface area contributed by atoms with Crippen LogP contribution in [0.3, 0.4) is 0 Å². The Hall–Kier alpha value is -1.80. The Balaban J connectivity index is 2.62. The van der Waals surface area contributed by atoms with Gasteiger partial charge in [0.05, 0.1) is 13.7 Å². The van der Waals surface area contributed by atoms with Crippen LogP contribution in [0.4, 0.5) is 0 Å². The summed E-state index contributed by atoms with van der Waals surface area (Å²) in [7, 11) is 1.02. The normalized spacial score (nSPS) is 16.6. The molecule has 0 fully saturated rings. The highest BCUT2D eigenvalue weighted by Gasteiger charge is 2.36. The summed E-state index contributed by atoms with van der Waals surface area (Å²) in [4.78, 5) is 22.0. The first-order valence-corrected chi connectivity index (χ1v) is 6.24. The van der Waals surface area contributed by atoms with E-state index < -0.39 is 30.4 Å². The van der Waals surface area contributed by atoms with E-state index in [2.05, 4.69) is 4.74 Å². The quantitative estimate of drug-likeness (QED) is 0.418. The van der Waals surface area contributed by atoms with Crippen molar-refractivity contribution in [3.8, 4) is 0 Å². The number of ether oxygens (including phenoxy) is 2. The molecule has 1 aromatic rings. The van der Waals surface area contributed by atoms with E-state index in [1.54, 1.807) is 24.3 Å². The third-order valence-corrected chi connectivity index (χ3v) is 2.87. The van der Waals surface area contributed by atoms with Crippen LogP contribution in [0.1, 0.15) is 5.56 Å². The molecule has 0 aliphatic rings. The first kappa shape index (κ1) is 17.3. The molecule has 0 aromatic heterocycles. The third-order valence-electron chi connectivity index (χ3n) is 2.87. The van der Waals surface area contributed by atoms with E-state index in [1.807, 2.05) is 6.07 Å². The maximum absolute atomic E-state index is 11.1. The zero-order valence-corrected chi connectivity index (χ0v) is 11.5. The molecule has 21 heavy (non-hydrogen) atoms. The van der Waals surface area contributed by atoms with Gasteiger partial charge in [-0.15, -0.1) is 0 Å². The van der Waals surface area contributed by atoms with Crippen molar-refractivity contribution in [3.05, 3.63) is 35.9 Å². The first-order chi connectivity index (χ1) is 10.0. The fourth-order valence-electron chi connectivity index (χ4n) is 1.63. The summed E-state index contributed by atoms with van der Waals surface area (Å²) in [5.74, 6) is -1.12. The standard InChI is InChI=1S/C14H18O7/c1-20-14(19)13(18)12(17)11(16)10(7-15)21-8-9-5-3-2-4-6-9/h2-7,10-13,16-18H,8H2,1H3/t10-,11+,12-,13-/m0/s1. The molecular weight excluding hydrogens is 280 g/mol. The number of hydrogen-bond donors (Lipinski definition) is 3. The molecule has 0 unspecified atom stereocenters. The molecule has 7 nitrogen and oxygen atoms in total. The Labute approximate surface area is 121 Å². The second-order valence-corrected chi connectivity index (χ2v) is 4.35. The second-order valence-electron chi connectivity index (χ2n) is 4.35. The van der Waals surface area contributed by atoms with Crippen molar-refractivity contribution < 1.29 is 34.4 Å². The number of methoxy groups -OCH3 is 1. The highest BCUT2D eigenvalue weighted by molar-refractivity contribution is 5.75. The largest absolute Gasteiger partial charge is 0.467 e. The van der Waals surface area contributed by atoms with Gasteiger partial charge in [0.25, 0.3) is 0 Å². The zero-order chi connectivity index (χ0) is 15.8. The van der Waals surface area contributed by atoms with Gasteiger partial charge in [-0.05, 0) is 5.56 Å². The van der Waals surface area contributed by atoms with Crippen LogP contribution in [-0.2, 0) is 25.7 Å². The lowest BCUT2D eigenvalue weighted by Gasteiger charge is -2.25. The highest BCUT2D eigenvalue weighted by Crippen LogP contribution is 2.11. The Kier molecular flexibility index (Phi) is 6.97. The summed E-state index contributed by atoms with van der Waals surface area (Å²) in [5, 5.41) is 28.9. The van der Waals surface area contributed by atoms with Gasteiger partial charge in [-0.25, -0.2) is 4.79 Å². The molecule has 116 valence electrons. The minimum atomic E-state index is -1.97. The summed E-state index contributed by atoms with van der Waals surface area (Å²) in [6.45, 7) is 0.0301. The first-order valence-electron chi connectivity index (χ1n) is 6.24. The van der Waals surface area contributed by atoms with Gasteiger partial charge in [0.2, 0.25) is 0 Å². The van der Waals surface area contributed by atoms with Crippen molar-refractivity contribution in [1.82, 2.24) is 0 Å². The summed E-state index contributed by atoms with van der Waals surface area (Å²) in [6.07, 6.45) is -6.73. The van der Waals surface area contributed by atoms with Gasteiger partial charge < -0.3 is 29.6 Å². The van der Waals surface area contributed by atoms with E-state index >= 15 is 0 Å². The van der Waals surface area contributed by atoms with Crippen LogP contribution in [-0.4, -0.2) is 59.1 Å². The van der Waals surface area contributed by atoms with E-state index in [1.165, 1.54) is 0 Å². The number of benzene rings is 1. The number of aliphatic hydroxyl groups is 3. The molecule has 0 saturated heterocycles. The van der Waals surface area contributed by atoms with Crippen LogP contribution < -0.4 is 0 Å². The Morgan fingerprint density at radius 3 is 2.33 bits per heavy atom. The van der Waals surface area contributed by atoms with Crippen molar-refractivity contribution in [2.24, 2.45) is 0 Å². The molecule has 7 heteroatoms. The lowest BCUT2D eigenvalue weighted by molar-refractivity contribution is -0.170. The fraction of sp³-hybridized carbons (Fsp3) is 0.429. The number of esters is 1. The fourth-order valence-corrected chi connectivity index (χ4v) is 1.63. The molecule has 0 aliphatic carbocycles. The van der Waals surface area contributed by atoms with Crippen LogP contribution in [0.2, 0.25) is 0 Å². The van der Waals surface area contributed by atoms with Gasteiger partial charge in [0.1, 0.15) is 18.3 Å². The number of carbonyl (C=O) groups excluding carboxylic acids is 2. The van der Waals surface area contributed by atoms with Crippen LogP contribution in [0.15, 0.2) is 30.3 Å². The van der Waals surface area contributed by atoms with Crippen molar-refractivity contribution in [1.29, 1.82) is 0 Å². The average Bonchev–Trinajstić information content (AvgIpc) is 2.53. The van der Waals surface area contributed by atoms with E-state index in [-0.39, 0.29) is 6.61 Å². The van der Waals surface area contributed by atoms with Crippen molar-refractivity contribution in [3.63, 3.8) is 0 Å². The predicted molar refractivity (Wildman–Crippen MR) is 71.1 cm³/mol. The second kappa shape index (κ2) is 8.48. The van der Waals surface area contributed by atoms with E-state index in [0.29, 0.717) is 6.29 Å². The van der Waals surface area contributed by atoms with Gasteiger partial charge in [-0.3, -0.25) is 0 Å². The minimum Gasteiger partial charge on any atom is -0.467 e. The topological polar surface area (TPSA) is 113 Å². The van der Waals surface area contributed by atoms with Crippen LogP contribution in [0.5, 0.6) is 0 Å². The molecule has 0 radical (unpaired) electrons. The monoisotopic (exact) mass is 298 g/mol. The third kappa shape index (κ3) is 4.91. The Morgan fingerprint density at radius 1 is 1.19 bits per heavy atom. The average molecular weight is 298 g/mol. The summed E-state index contributed by atoms with van der Waals surface area (Å²) >= 11 is 0. The van der Waals surface area contributed by atoms with E-state index in [9.17, 15) is 24.9 Å². The maximum atomic E-state index is 11.1. The summed E-state index contributed by atoms with van der Waals surface area (Å²) in [5.41, 5.74) is 0.763. The lowest BCUT2D eigenvalue weighted by Crippen LogP contribution is -2.49. The van der Waals surface area contributed by atoms with Crippen molar-refractivity contribution >= 4 is 12.3 Å². The molecule has 1 rings (SSSR count). The number of hydrogen-bond acceptors (Lipinski definition) is 7. The van der Waals surface area contributed by atoms with Gasteiger partial charge in [-0.2, -0.15) is 0 Å². The molecule has 0 heterocycles. The number of aliphatic hydroxyl groups excluding tert-OH is 3. The van der Waals surface area contributed by atoms with Gasteiger partial charge in [-0.1, -0.05) is 30.3 Å². The molecule has 1 aromatic carbocycles. The Bertz CT molecular complexity index is 448. The summed E-state index contributed by atoms with van der Waals surface area (Å²) in [6, 6.07) is 8.88. The maximum Gasteiger partial charge on any atom is 0.337 e. The van der Waals surface area contributed by atoms with Crippen LogP contribution >= 0.6 is 0 Å². The molecule has 0 aliphatic heterocycles. The highest BCUT2D eigenvalue weighted by atomic mass is 16.5. The van der Waals surface area contributed by atoms with Gasteiger partial charge >= 0.3 is 5.97 Å². The SMILES string of the molecule is COC(=O)[C@@H](O)[C@@H](O)[C@H](O)[C@H](C=O)OCc1ccccc1. The zero-order valence-electron chi connectivity index (χ0n) is 11.5. The van der Waals surface area contributed by atoms with Crippen LogP contribution in [0.25, 0.3) is 0 Å². The molecule has 0 saturated carbocycles. The lowest BCUT2D eigenvalue weighted by atomic mass is 10.0. The number of aldehydes is 1. The summed E-state index contributed by atoms with van der Waals surface area (Å²) < 4.78 is 9.42. The minimum absolute atomic E-state index is 0.0301. The van der Waals surface area contributed by atoms with E-state index in [0.717, 1.165) is 12.7 Å². The molecule has 0 bridgehead atoms. The van der Waals surface area contributed by atoms with Crippen molar-refractivity contribution in [2.75, 3.05) is 7.11 Å². The van der Waals surface area contributed by atoms with Gasteiger partial charge in [0, 0.05) is 0 Å². The van der Waals surface area contributed by atoms with Crippen molar-refractivity contribution in [2.45, 2.75) is 31.0 Å². The molecule has 0 spiro atoms. The molecule has 4 atom stereocenters. The van der Waals surface area contributed by atoms with Gasteiger partial charge in [0.15, 0.2) is 12.4 Å². The predicted octanol–water partition coefficient (Wildman–Crippen LogP) is -0.974. The molecule has 0 amide bonds. The molecular formula is C14H18O7. The van der Waals surface area contributed by atoms with Crippen LogP contribution in [0, 0.1) is 0 Å². The van der Waals surface area contributed by atoms with E-state index in [4.69, 9.17) is 4.74 Å². The smallest absolute Gasteiger partial charge is 0.337 e. The molecule has 3 N–H and O–H groups in total. The number of rotatable bonds is 8. The Morgan fingerprint density at radius 2 is 1.81 bits per heavy atom.